The fourth-order valence-corrected chi connectivity index (χ4v) is 3.75. The van der Waals surface area contributed by atoms with E-state index < -0.39 is 0 Å². The minimum Gasteiger partial charge on any atom is -0.451 e. The van der Waals surface area contributed by atoms with E-state index >= 15 is 0 Å². The molecule has 1 amide bonds. The average Bonchev–Trinajstić information content (AvgIpc) is 3.31. The molecule has 0 radical (unpaired) electrons. The second-order valence-electron chi connectivity index (χ2n) is 6.76. The van der Waals surface area contributed by atoms with Gasteiger partial charge in [0.25, 0.3) is 5.91 Å². The van der Waals surface area contributed by atoms with E-state index in [1.165, 1.54) is 0 Å². The Morgan fingerprint density at radius 3 is 2.84 bits per heavy atom. The van der Waals surface area contributed by atoms with Crippen molar-refractivity contribution in [1.82, 2.24) is 14.7 Å². The van der Waals surface area contributed by atoms with Crippen molar-refractivity contribution < 1.29 is 14.3 Å². The normalized spacial score (nSPS) is 20.5. The van der Waals surface area contributed by atoms with E-state index in [9.17, 15) is 9.90 Å². The van der Waals surface area contributed by atoms with Gasteiger partial charge >= 0.3 is 0 Å². The molecule has 1 fully saturated rings. The summed E-state index contributed by atoms with van der Waals surface area (Å²) in [7, 11) is 1.87. The second-order valence-corrected chi connectivity index (χ2v) is 6.76. The Balaban J connectivity index is 1.63. The average molecular weight is 339 g/mol. The van der Waals surface area contributed by atoms with Crippen molar-refractivity contribution in [2.45, 2.75) is 12.8 Å². The Morgan fingerprint density at radius 2 is 2.16 bits per heavy atom. The van der Waals surface area contributed by atoms with Gasteiger partial charge in [-0.15, -0.1) is 0 Å². The molecule has 1 aliphatic heterocycles. The third-order valence-electron chi connectivity index (χ3n) is 5.15. The maximum absolute atomic E-state index is 13.0. The Kier molecular flexibility index (Phi) is 3.84. The van der Waals surface area contributed by atoms with Gasteiger partial charge in [-0.1, -0.05) is 18.2 Å². The van der Waals surface area contributed by atoms with Gasteiger partial charge in [-0.3, -0.25) is 9.48 Å². The summed E-state index contributed by atoms with van der Waals surface area (Å²) in [6.45, 7) is 3.04. The molecular weight excluding hydrogens is 318 g/mol. The second kappa shape index (κ2) is 6.04. The highest BCUT2D eigenvalue weighted by atomic mass is 16.3. The number of aromatic nitrogens is 2. The number of nitrogens with zero attached hydrogens (tertiary/aromatic N) is 3. The SMILES string of the molecule is Cc1c(C(=O)N2C[C@@H](CO)[C@H](c3cnn(C)c3)C2)oc2ccccc12. The minimum atomic E-state index is -0.112. The molecule has 6 heteroatoms. The van der Waals surface area contributed by atoms with Gasteiger partial charge in [0, 0.05) is 55.7 Å². The number of benzene rings is 1. The lowest BCUT2D eigenvalue weighted by Crippen LogP contribution is -2.29. The third kappa shape index (κ3) is 2.62. The molecule has 2 atom stereocenters. The fourth-order valence-electron chi connectivity index (χ4n) is 3.75. The first-order valence-corrected chi connectivity index (χ1v) is 8.45. The summed E-state index contributed by atoms with van der Waals surface area (Å²) in [6.07, 6.45) is 3.77. The van der Waals surface area contributed by atoms with Crippen LogP contribution in [0.25, 0.3) is 11.0 Å². The molecule has 3 heterocycles. The number of para-hydroxylation sites is 1. The molecule has 2 aromatic heterocycles. The molecule has 130 valence electrons. The molecule has 6 nitrogen and oxygen atoms in total. The molecule has 0 spiro atoms. The van der Waals surface area contributed by atoms with Crippen LogP contribution in [0.5, 0.6) is 0 Å². The van der Waals surface area contributed by atoms with Crippen molar-refractivity contribution in [3.8, 4) is 0 Å². The van der Waals surface area contributed by atoms with E-state index in [0.717, 1.165) is 22.1 Å². The molecule has 4 rings (SSSR count). The Bertz CT molecular complexity index is 927. The predicted molar refractivity (Wildman–Crippen MR) is 93.4 cm³/mol. The maximum Gasteiger partial charge on any atom is 0.289 e. The number of likely N-dealkylation sites (tertiary alicyclic amines) is 1. The highest BCUT2D eigenvalue weighted by molar-refractivity contribution is 5.99. The van der Waals surface area contributed by atoms with Gasteiger partial charge in [0.15, 0.2) is 5.76 Å². The van der Waals surface area contributed by atoms with Crippen molar-refractivity contribution in [2.75, 3.05) is 19.7 Å². The predicted octanol–water partition coefficient (Wildman–Crippen LogP) is 2.32. The standard InChI is InChI=1S/C19H21N3O3/c1-12-15-5-3-4-6-17(15)25-18(12)19(24)22-9-14(11-23)16(10-22)13-7-20-21(2)8-13/h3-8,14,16,23H,9-11H2,1-2H3/t14-,16-/m0/s1. The van der Waals surface area contributed by atoms with Gasteiger partial charge in [-0.2, -0.15) is 5.10 Å². The number of aliphatic hydroxyl groups is 1. The van der Waals surface area contributed by atoms with Crippen LogP contribution in [0.15, 0.2) is 41.1 Å². The number of furan rings is 1. The van der Waals surface area contributed by atoms with E-state index in [1.54, 1.807) is 9.58 Å². The Morgan fingerprint density at radius 1 is 1.36 bits per heavy atom. The van der Waals surface area contributed by atoms with Gasteiger partial charge in [0.1, 0.15) is 5.58 Å². The van der Waals surface area contributed by atoms with Crippen molar-refractivity contribution in [1.29, 1.82) is 0 Å². The zero-order valence-corrected chi connectivity index (χ0v) is 14.3. The van der Waals surface area contributed by atoms with E-state index in [1.807, 2.05) is 50.6 Å². The summed E-state index contributed by atoms with van der Waals surface area (Å²) < 4.78 is 7.56. The first kappa shape index (κ1) is 15.9. The summed E-state index contributed by atoms with van der Waals surface area (Å²) >= 11 is 0. The molecule has 0 saturated carbocycles. The van der Waals surface area contributed by atoms with Crippen LogP contribution in [-0.2, 0) is 7.05 Å². The van der Waals surface area contributed by atoms with Crippen molar-refractivity contribution in [2.24, 2.45) is 13.0 Å². The number of hydrogen-bond donors (Lipinski definition) is 1. The zero-order valence-electron chi connectivity index (χ0n) is 14.3. The van der Waals surface area contributed by atoms with E-state index in [-0.39, 0.29) is 24.3 Å². The summed E-state index contributed by atoms with van der Waals surface area (Å²) in [5.74, 6) is 0.383. The molecule has 1 saturated heterocycles. The van der Waals surface area contributed by atoms with Crippen molar-refractivity contribution in [3.05, 3.63) is 53.5 Å². The lowest BCUT2D eigenvalue weighted by atomic mass is 9.92. The maximum atomic E-state index is 13.0. The highest BCUT2D eigenvalue weighted by Gasteiger charge is 2.38. The molecule has 1 aromatic carbocycles. The van der Waals surface area contributed by atoms with Crippen molar-refractivity contribution >= 4 is 16.9 Å². The number of fused-ring (bicyclic) bond motifs is 1. The minimum absolute atomic E-state index is 0.0119. The zero-order chi connectivity index (χ0) is 17.6. The quantitative estimate of drug-likeness (QED) is 0.795. The smallest absolute Gasteiger partial charge is 0.289 e. The monoisotopic (exact) mass is 339 g/mol. The lowest BCUT2D eigenvalue weighted by molar-refractivity contribution is 0.0751. The topological polar surface area (TPSA) is 71.5 Å². The van der Waals surface area contributed by atoms with Gasteiger partial charge in [0.05, 0.1) is 6.20 Å². The van der Waals surface area contributed by atoms with Crippen LogP contribution in [0, 0.1) is 12.8 Å². The summed E-state index contributed by atoms with van der Waals surface area (Å²) in [6, 6.07) is 7.67. The summed E-state index contributed by atoms with van der Waals surface area (Å²) in [4.78, 5) is 14.8. The molecule has 1 aliphatic rings. The molecule has 25 heavy (non-hydrogen) atoms. The van der Waals surface area contributed by atoms with Crippen LogP contribution in [0.1, 0.15) is 27.6 Å². The Hall–Kier alpha value is -2.60. The summed E-state index contributed by atoms with van der Waals surface area (Å²) in [5.41, 5.74) is 2.65. The van der Waals surface area contributed by atoms with E-state index in [0.29, 0.717) is 18.8 Å². The van der Waals surface area contributed by atoms with Crippen LogP contribution in [-0.4, -0.2) is 45.4 Å². The van der Waals surface area contributed by atoms with Gasteiger partial charge in [0.2, 0.25) is 0 Å². The van der Waals surface area contributed by atoms with Crippen LogP contribution in [0.3, 0.4) is 0 Å². The number of amides is 1. The largest absolute Gasteiger partial charge is 0.451 e. The number of aryl methyl sites for hydroxylation is 2. The summed E-state index contributed by atoms with van der Waals surface area (Å²) in [5, 5.41) is 14.9. The molecule has 0 unspecified atom stereocenters. The number of rotatable bonds is 3. The molecular formula is C19H21N3O3. The molecule has 0 bridgehead atoms. The van der Waals surface area contributed by atoms with Gasteiger partial charge in [-0.05, 0) is 18.6 Å². The van der Waals surface area contributed by atoms with Crippen LogP contribution in [0.4, 0.5) is 0 Å². The first-order chi connectivity index (χ1) is 12.1. The van der Waals surface area contributed by atoms with E-state index in [2.05, 4.69) is 5.10 Å². The van der Waals surface area contributed by atoms with Gasteiger partial charge in [-0.25, -0.2) is 0 Å². The molecule has 3 aromatic rings. The number of aliphatic hydroxyl groups excluding tert-OH is 1. The first-order valence-electron chi connectivity index (χ1n) is 8.45. The highest BCUT2D eigenvalue weighted by Crippen LogP contribution is 2.34. The number of carbonyl (C=O) groups is 1. The van der Waals surface area contributed by atoms with Crippen LogP contribution < -0.4 is 0 Å². The molecule has 1 N–H and O–H groups in total. The number of hydrogen-bond acceptors (Lipinski definition) is 4. The van der Waals surface area contributed by atoms with E-state index in [4.69, 9.17) is 4.42 Å². The number of carbonyl (C=O) groups excluding carboxylic acids is 1. The van der Waals surface area contributed by atoms with Crippen LogP contribution in [0.2, 0.25) is 0 Å². The lowest BCUT2D eigenvalue weighted by Gasteiger charge is -2.15. The third-order valence-corrected chi connectivity index (χ3v) is 5.15. The van der Waals surface area contributed by atoms with Gasteiger partial charge < -0.3 is 14.4 Å². The molecule has 0 aliphatic carbocycles. The van der Waals surface area contributed by atoms with Crippen LogP contribution >= 0.6 is 0 Å². The Labute approximate surface area is 145 Å². The fraction of sp³-hybridized carbons (Fsp3) is 0.368. The van der Waals surface area contributed by atoms with Crippen molar-refractivity contribution in [3.63, 3.8) is 0 Å².